The molecule has 0 radical (unpaired) electrons. The van der Waals surface area contributed by atoms with Gasteiger partial charge in [-0.1, -0.05) is 77.9 Å². The van der Waals surface area contributed by atoms with Gasteiger partial charge in [0.25, 0.3) is 0 Å². The molecule has 0 aliphatic carbocycles. The Morgan fingerprint density at radius 2 is 1.42 bits per heavy atom. The van der Waals surface area contributed by atoms with E-state index < -0.39 is 5.63 Å². The highest BCUT2D eigenvalue weighted by Crippen LogP contribution is 2.40. The van der Waals surface area contributed by atoms with E-state index in [0.717, 1.165) is 28.0 Å². The molecule has 3 aromatic carbocycles. The van der Waals surface area contributed by atoms with Crippen molar-refractivity contribution in [1.82, 2.24) is 0 Å². The molecule has 3 nitrogen and oxygen atoms in total. The predicted molar refractivity (Wildman–Crippen MR) is 137 cm³/mol. The second-order valence-electron chi connectivity index (χ2n) is 8.46. The molecular formula is C29H28O3S. The van der Waals surface area contributed by atoms with Gasteiger partial charge >= 0.3 is 5.63 Å². The van der Waals surface area contributed by atoms with E-state index in [1.165, 1.54) is 5.56 Å². The van der Waals surface area contributed by atoms with Crippen LogP contribution >= 0.6 is 11.8 Å². The van der Waals surface area contributed by atoms with Gasteiger partial charge in [-0.25, -0.2) is 4.79 Å². The van der Waals surface area contributed by atoms with E-state index in [0.29, 0.717) is 23.3 Å². The monoisotopic (exact) mass is 456 g/mol. The highest BCUT2D eigenvalue weighted by molar-refractivity contribution is 7.98. The lowest BCUT2D eigenvalue weighted by atomic mass is 9.99. The summed E-state index contributed by atoms with van der Waals surface area (Å²) in [7, 11) is 0. The highest BCUT2D eigenvalue weighted by atomic mass is 32.2. The van der Waals surface area contributed by atoms with E-state index in [4.69, 9.17) is 4.42 Å². The third-order valence-electron chi connectivity index (χ3n) is 5.73. The van der Waals surface area contributed by atoms with Crippen LogP contribution < -0.4 is 5.63 Å². The largest absolute Gasteiger partial charge is 0.507 e. The summed E-state index contributed by atoms with van der Waals surface area (Å²) in [5.41, 5.74) is 5.70. The third kappa shape index (κ3) is 5.40. The van der Waals surface area contributed by atoms with Gasteiger partial charge in [0.05, 0.1) is 5.56 Å². The molecule has 168 valence electrons. The number of aromatic hydroxyl groups is 1. The average molecular weight is 457 g/mol. The summed E-state index contributed by atoms with van der Waals surface area (Å²) in [4.78, 5) is 13.3. The number of aryl methyl sites for hydroxylation is 2. The van der Waals surface area contributed by atoms with Crippen LogP contribution in [0, 0.1) is 20.8 Å². The number of hydrogen-bond donors (Lipinski definition) is 1. The maximum atomic E-state index is 13.3. The van der Waals surface area contributed by atoms with Crippen LogP contribution in [0.25, 0.3) is 11.3 Å². The smallest absolute Gasteiger partial charge is 0.344 e. The molecule has 1 unspecified atom stereocenters. The lowest BCUT2D eigenvalue weighted by Gasteiger charge is -2.19. The molecule has 4 heteroatoms. The molecule has 4 rings (SSSR count). The first-order valence-corrected chi connectivity index (χ1v) is 12.1. The second kappa shape index (κ2) is 10.1. The van der Waals surface area contributed by atoms with E-state index in [1.54, 1.807) is 11.8 Å². The van der Waals surface area contributed by atoms with Crippen molar-refractivity contribution in [2.75, 3.05) is 0 Å². The molecule has 0 spiro atoms. The number of hydrogen-bond acceptors (Lipinski definition) is 4. The van der Waals surface area contributed by atoms with Gasteiger partial charge in [-0.15, -0.1) is 11.8 Å². The second-order valence-corrected chi connectivity index (χ2v) is 9.65. The van der Waals surface area contributed by atoms with Gasteiger partial charge in [0, 0.05) is 22.1 Å². The first-order chi connectivity index (χ1) is 15.9. The van der Waals surface area contributed by atoms with Crippen molar-refractivity contribution < 1.29 is 9.52 Å². The molecule has 0 bridgehead atoms. The molecular weight excluding hydrogens is 428 g/mol. The van der Waals surface area contributed by atoms with Crippen LogP contribution in [-0.4, -0.2) is 5.11 Å². The van der Waals surface area contributed by atoms with Crippen LogP contribution in [0.5, 0.6) is 5.75 Å². The van der Waals surface area contributed by atoms with Gasteiger partial charge in [-0.05, 0) is 50.5 Å². The van der Waals surface area contributed by atoms with Gasteiger partial charge in [-0.3, -0.25) is 0 Å². The molecule has 1 aromatic heterocycles. The zero-order valence-corrected chi connectivity index (χ0v) is 20.0. The lowest BCUT2D eigenvalue weighted by Crippen LogP contribution is -2.15. The summed E-state index contributed by atoms with van der Waals surface area (Å²) in [6.07, 6.45) is 0.624. The predicted octanol–water partition coefficient (Wildman–Crippen LogP) is 7.15. The molecule has 1 N–H and O–H groups in total. The van der Waals surface area contributed by atoms with Crippen LogP contribution in [0.2, 0.25) is 0 Å². The van der Waals surface area contributed by atoms with E-state index in [-0.39, 0.29) is 11.0 Å². The van der Waals surface area contributed by atoms with Gasteiger partial charge < -0.3 is 9.52 Å². The molecule has 0 aliphatic heterocycles. The Bertz CT molecular complexity index is 1270. The molecule has 1 heterocycles. The van der Waals surface area contributed by atoms with E-state index in [9.17, 15) is 9.90 Å². The summed E-state index contributed by atoms with van der Waals surface area (Å²) in [6.45, 7) is 5.83. The van der Waals surface area contributed by atoms with E-state index in [2.05, 4.69) is 18.2 Å². The van der Waals surface area contributed by atoms with Crippen molar-refractivity contribution in [1.29, 1.82) is 0 Å². The molecule has 4 aromatic rings. The van der Waals surface area contributed by atoms with Gasteiger partial charge in [0.15, 0.2) is 0 Å². The summed E-state index contributed by atoms with van der Waals surface area (Å²) in [6, 6.07) is 26.2. The fourth-order valence-electron chi connectivity index (χ4n) is 4.14. The number of thioether (sulfide) groups is 1. The number of benzene rings is 3. The first-order valence-electron chi connectivity index (χ1n) is 11.1. The van der Waals surface area contributed by atoms with Gasteiger partial charge in [-0.2, -0.15) is 0 Å². The molecule has 33 heavy (non-hydrogen) atoms. The molecule has 1 atom stereocenters. The van der Waals surface area contributed by atoms with Gasteiger partial charge in [0.2, 0.25) is 0 Å². The minimum absolute atomic E-state index is 0.0295. The maximum absolute atomic E-state index is 13.3. The zero-order valence-electron chi connectivity index (χ0n) is 19.2. The van der Waals surface area contributed by atoms with Crippen LogP contribution in [0.15, 0.2) is 88.1 Å². The van der Waals surface area contributed by atoms with Crippen LogP contribution in [-0.2, 0) is 12.2 Å². The maximum Gasteiger partial charge on any atom is 0.344 e. The summed E-state index contributed by atoms with van der Waals surface area (Å²) >= 11 is 1.65. The van der Waals surface area contributed by atoms with Crippen molar-refractivity contribution >= 4 is 11.8 Å². The van der Waals surface area contributed by atoms with Crippen LogP contribution in [0.3, 0.4) is 0 Å². The van der Waals surface area contributed by atoms with Crippen LogP contribution in [0.1, 0.15) is 38.6 Å². The fourth-order valence-corrected chi connectivity index (χ4v) is 5.41. The molecule has 0 amide bonds. The summed E-state index contributed by atoms with van der Waals surface area (Å²) < 4.78 is 5.86. The van der Waals surface area contributed by atoms with Crippen molar-refractivity contribution in [2.45, 2.75) is 38.2 Å². The highest BCUT2D eigenvalue weighted by Gasteiger charge is 2.26. The normalized spacial score (nSPS) is 12.0. The first kappa shape index (κ1) is 22.9. The summed E-state index contributed by atoms with van der Waals surface area (Å²) in [5, 5.41) is 11.0. The fraction of sp³-hybridized carbons (Fsp3) is 0.207. The minimum Gasteiger partial charge on any atom is -0.507 e. The Labute approximate surface area is 199 Å². The molecule has 0 aliphatic rings. The molecule has 0 saturated carbocycles. The quantitative estimate of drug-likeness (QED) is 0.321. The van der Waals surface area contributed by atoms with E-state index >= 15 is 0 Å². The Kier molecular flexibility index (Phi) is 7.05. The van der Waals surface area contributed by atoms with Crippen molar-refractivity contribution in [3.63, 3.8) is 0 Å². The Morgan fingerprint density at radius 1 is 0.848 bits per heavy atom. The molecule has 0 saturated heterocycles. The minimum atomic E-state index is -0.478. The number of rotatable bonds is 7. The third-order valence-corrected chi connectivity index (χ3v) is 7.03. The molecule has 0 fully saturated rings. The lowest BCUT2D eigenvalue weighted by molar-refractivity contribution is 0.433. The van der Waals surface area contributed by atoms with Crippen molar-refractivity contribution in [2.24, 2.45) is 0 Å². The topological polar surface area (TPSA) is 50.4 Å². The van der Waals surface area contributed by atoms with Crippen LogP contribution in [0.4, 0.5) is 0 Å². The van der Waals surface area contributed by atoms with E-state index in [1.807, 2.05) is 81.4 Å². The van der Waals surface area contributed by atoms with Crippen molar-refractivity contribution in [3.8, 4) is 17.1 Å². The summed E-state index contributed by atoms with van der Waals surface area (Å²) in [5.74, 6) is 1.19. The Balaban J connectivity index is 1.75. The van der Waals surface area contributed by atoms with Crippen molar-refractivity contribution in [3.05, 3.63) is 123 Å². The Hall–Kier alpha value is -3.24. The zero-order chi connectivity index (χ0) is 23.4. The average Bonchev–Trinajstić information content (AvgIpc) is 2.80. The van der Waals surface area contributed by atoms with Gasteiger partial charge in [0.1, 0.15) is 11.5 Å². The standard InChI is InChI=1S/C29H28O3S/c1-19-14-20(2)16-24(15-19)28-21(3)27(30)26(29(31)32-28)25(17-22-10-6-4-7-11-22)33-18-23-12-8-5-9-13-23/h4-16,25,30H,17-18H2,1-3H3. The Morgan fingerprint density at radius 3 is 2.03 bits per heavy atom. The SMILES string of the molecule is Cc1cc(C)cc(-c2oc(=O)c(C(Cc3ccccc3)SCc3ccccc3)c(O)c2C)c1.